The Kier molecular flexibility index (Phi) is 6.75. The first-order valence-corrected chi connectivity index (χ1v) is 8.68. The molecular formula is C18H23ClF3N3O2. The molecule has 0 bridgehead atoms. The number of likely N-dealkylation sites (tertiary alicyclic amines) is 1. The molecule has 2 saturated heterocycles. The number of carbonyl (C=O) groups is 2. The summed E-state index contributed by atoms with van der Waals surface area (Å²) < 4.78 is 38.4. The normalized spacial score (nSPS) is 23.4. The molecule has 0 radical (unpaired) electrons. The van der Waals surface area contributed by atoms with Crippen molar-refractivity contribution in [2.45, 2.75) is 25.1 Å². The van der Waals surface area contributed by atoms with Crippen LogP contribution in [0.3, 0.4) is 0 Å². The zero-order valence-corrected chi connectivity index (χ0v) is 15.7. The molecule has 0 saturated carbocycles. The van der Waals surface area contributed by atoms with Crippen LogP contribution in [-0.2, 0) is 15.8 Å². The SMILES string of the molecule is CN1C(=O)CCC(C(=O)NCC2CNC2)C1c1ccc(C(F)(F)F)cc1.Cl. The van der Waals surface area contributed by atoms with Crippen LogP contribution in [-0.4, -0.2) is 43.4 Å². The van der Waals surface area contributed by atoms with E-state index in [0.29, 0.717) is 24.4 Å². The standard InChI is InChI=1S/C18H22F3N3O2.ClH/c1-24-15(25)7-6-14(17(26)23-10-11-8-22-9-11)16(24)12-2-4-13(5-3-12)18(19,20)21;/h2-5,11,14,16,22H,6-10H2,1H3,(H,23,26);1H. The van der Waals surface area contributed by atoms with Crippen LogP contribution < -0.4 is 10.6 Å². The second-order valence-corrected chi connectivity index (χ2v) is 6.98. The Balaban J connectivity index is 0.00000261. The molecule has 2 heterocycles. The van der Waals surface area contributed by atoms with Gasteiger partial charge in [-0.25, -0.2) is 0 Å². The van der Waals surface area contributed by atoms with Gasteiger partial charge in [-0.15, -0.1) is 12.4 Å². The smallest absolute Gasteiger partial charge is 0.355 e. The number of rotatable bonds is 4. The largest absolute Gasteiger partial charge is 0.416 e. The van der Waals surface area contributed by atoms with Gasteiger partial charge in [0.05, 0.1) is 17.5 Å². The van der Waals surface area contributed by atoms with E-state index in [1.807, 2.05) is 0 Å². The molecule has 9 heteroatoms. The fourth-order valence-electron chi connectivity index (χ4n) is 3.51. The lowest BCUT2D eigenvalue weighted by Gasteiger charge is -2.39. The van der Waals surface area contributed by atoms with E-state index in [1.54, 1.807) is 7.05 Å². The van der Waals surface area contributed by atoms with Crippen molar-refractivity contribution in [1.82, 2.24) is 15.5 Å². The Morgan fingerprint density at radius 3 is 2.41 bits per heavy atom. The molecule has 0 aromatic heterocycles. The van der Waals surface area contributed by atoms with Gasteiger partial charge < -0.3 is 15.5 Å². The minimum Gasteiger partial charge on any atom is -0.355 e. The van der Waals surface area contributed by atoms with Gasteiger partial charge in [0.15, 0.2) is 0 Å². The summed E-state index contributed by atoms with van der Waals surface area (Å²) in [6.45, 7) is 2.30. The predicted octanol–water partition coefficient (Wildman–Crippen LogP) is 2.37. The van der Waals surface area contributed by atoms with Crippen molar-refractivity contribution in [2.24, 2.45) is 11.8 Å². The Bertz CT molecular complexity index is 677. The maximum absolute atomic E-state index is 12.8. The average molecular weight is 406 g/mol. The number of nitrogens with one attached hydrogen (secondary N) is 2. The highest BCUT2D eigenvalue weighted by Crippen LogP contribution is 2.37. The third-order valence-corrected chi connectivity index (χ3v) is 5.21. The van der Waals surface area contributed by atoms with Gasteiger partial charge in [0, 0.05) is 39.0 Å². The van der Waals surface area contributed by atoms with Crippen LogP contribution in [0.2, 0.25) is 0 Å². The van der Waals surface area contributed by atoms with Crippen molar-refractivity contribution in [2.75, 3.05) is 26.7 Å². The molecular weight excluding hydrogens is 383 g/mol. The lowest BCUT2D eigenvalue weighted by atomic mass is 9.83. The van der Waals surface area contributed by atoms with Gasteiger partial charge in [0.2, 0.25) is 11.8 Å². The van der Waals surface area contributed by atoms with Crippen molar-refractivity contribution in [3.05, 3.63) is 35.4 Å². The lowest BCUT2D eigenvalue weighted by molar-refractivity contribution is -0.142. The van der Waals surface area contributed by atoms with Gasteiger partial charge in [-0.1, -0.05) is 12.1 Å². The minimum absolute atomic E-state index is 0. The summed E-state index contributed by atoms with van der Waals surface area (Å²) in [4.78, 5) is 26.2. The average Bonchev–Trinajstić information content (AvgIpc) is 2.55. The maximum Gasteiger partial charge on any atom is 0.416 e. The summed E-state index contributed by atoms with van der Waals surface area (Å²) in [7, 11) is 1.60. The number of piperidine rings is 1. The number of amides is 2. The van der Waals surface area contributed by atoms with Crippen LogP contribution in [0.25, 0.3) is 0 Å². The molecule has 2 atom stereocenters. The van der Waals surface area contributed by atoms with E-state index in [0.717, 1.165) is 25.2 Å². The Labute approximate surface area is 162 Å². The number of carbonyl (C=O) groups excluding carboxylic acids is 2. The first-order valence-electron chi connectivity index (χ1n) is 8.68. The molecule has 2 unspecified atom stereocenters. The molecule has 2 N–H and O–H groups in total. The van der Waals surface area contributed by atoms with Crippen LogP contribution in [0.15, 0.2) is 24.3 Å². The van der Waals surface area contributed by atoms with Crippen molar-refractivity contribution in [1.29, 1.82) is 0 Å². The molecule has 3 rings (SSSR count). The molecule has 2 fully saturated rings. The van der Waals surface area contributed by atoms with Gasteiger partial charge >= 0.3 is 6.18 Å². The Morgan fingerprint density at radius 2 is 1.89 bits per heavy atom. The molecule has 2 aliphatic heterocycles. The highest BCUT2D eigenvalue weighted by Gasteiger charge is 2.39. The van der Waals surface area contributed by atoms with E-state index in [9.17, 15) is 22.8 Å². The van der Waals surface area contributed by atoms with E-state index < -0.39 is 23.7 Å². The lowest BCUT2D eigenvalue weighted by Crippen LogP contribution is -2.51. The topological polar surface area (TPSA) is 61.4 Å². The fraction of sp³-hybridized carbons (Fsp3) is 0.556. The number of halogens is 4. The highest BCUT2D eigenvalue weighted by atomic mass is 35.5. The van der Waals surface area contributed by atoms with Gasteiger partial charge in [0.25, 0.3) is 0 Å². The number of nitrogens with zero attached hydrogens (tertiary/aromatic N) is 1. The molecule has 2 aliphatic rings. The van der Waals surface area contributed by atoms with Gasteiger partial charge in [-0.05, 0) is 24.1 Å². The van der Waals surface area contributed by atoms with Crippen LogP contribution in [0.4, 0.5) is 13.2 Å². The first kappa shape index (κ1) is 21.5. The van der Waals surface area contributed by atoms with Gasteiger partial charge in [0.1, 0.15) is 0 Å². The summed E-state index contributed by atoms with van der Waals surface area (Å²) in [5.41, 5.74) is -0.205. The predicted molar refractivity (Wildman–Crippen MR) is 96.3 cm³/mol. The second kappa shape index (κ2) is 8.48. The highest BCUT2D eigenvalue weighted by molar-refractivity contribution is 5.85. The number of benzene rings is 1. The van der Waals surface area contributed by atoms with Crippen molar-refractivity contribution in [3.63, 3.8) is 0 Å². The van der Waals surface area contributed by atoms with Crippen LogP contribution in [0.1, 0.15) is 30.0 Å². The van der Waals surface area contributed by atoms with Crippen molar-refractivity contribution >= 4 is 24.2 Å². The monoisotopic (exact) mass is 405 g/mol. The second-order valence-electron chi connectivity index (χ2n) is 6.98. The van der Waals surface area contributed by atoms with Crippen LogP contribution >= 0.6 is 12.4 Å². The Hall–Kier alpha value is -1.80. The molecule has 0 spiro atoms. The first-order chi connectivity index (χ1) is 12.3. The summed E-state index contributed by atoms with van der Waals surface area (Å²) in [6, 6.07) is 4.16. The van der Waals surface area contributed by atoms with E-state index in [4.69, 9.17) is 0 Å². The fourth-order valence-corrected chi connectivity index (χ4v) is 3.51. The molecule has 1 aromatic rings. The van der Waals surface area contributed by atoms with Crippen LogP contribution in [0.5, 0.6) is 0 Å². The van der Waals surface area contributed by atoms with Crippen molar-refractivity contribution in [3.8, 4) is 0 Å². The minimum atomic E-state index is -4.42. The van der Waals surface area contributed by atoms with E-state index in [1.165, 1.54) is 17.0 Å². The molecule has 1 aromatic carbocycles. The molecule has 27 heavy (non-hydrogen) atoms. The number of hydrogen-bond donors (Lipinski definition) is 2. The van der Waals surface area contributed by atoms with E-state index in [2.05, 4.69) is 10.6 Å². The quantitative estimate of drug-likeness (QED) is 0.808. The Morgan fingerprint density at radius 1 is 1.26 bits per heavy atom. The number of hydrogen-bond acceptors (Lipinski definition) is 3. The van der Waals surface area contributed by atoms with Gasteiger partial charge in [-0.3, -0.25) is 9.59 Å². The maximum atomic E-state index is 12.8. The molecule has 2 amide bonds. The third-order valence-electron chi connectivity index (χ3n) is 5.21. The molecule has 5 nitrogen and oxygen atoms in total. The van der Waals surface area contributed by atoms with Gasteiger partial charge in [-0.2, -0.15) is 13.2 Å². The molecule has 0 aliphatic carbocycles. The summed E-state index contributed by atoms with van der Waals surface area (Å²) in [5.74, 6) is -0.322. The van der Waals surface area contributed by atoms with Crippen LogP contribution in [0, 0.1) is 11.8 Å². The zero-order chi connectivity index (χ0) is 18.9. The summed E-state index contributed by atoms with van der Waals surface area (Å²) >= 11 is 0. The number of alkyl halides is 3. The van der Waals surface area contributed by atoms with E-state index in [-0.39, 0.29) is 30.6 Å². The summed E-state index contributed by atoms with van der Waals surface area (Å²) in [5, 5.41) is 6.06. The summed E-state index contributed by atoms with van der Waals surface area (Å²) in [6.07, 6.45) is -3.76. The van der Waals surface area contributed by atoms with E-state index >= 15 is 0 Å². The molecule has 150 valence electrons. The third kappa shape index (κ3) is 4.73. The van der Waals surface area contributed by atoms with Crippen molar-refractivity contribution < 1.29 is 22.8 Å². The zero-order valence-electron chi connectivity index (χ0n) is 14.9.